The highest BCUT2D eigenvalue weighted by molar-refractivity contribution is 7.19. The molecule has 0 aliphatic heterocycles. The zero-order chi connectivity index (χ0) is 53.9. The predicted molar refractivity (Wildman–Crippen MR) is 283 cm³/mol. The maximum Gasteiger partial charge on any atom is 0.338 e. The molecule has 12 rings (SSSR count). The van der Waals surface area contributed by atoms with Crippen LogP contribution in [0.2, 0.25) is 20.1 Å². The van der Waals surface area contributed by atoms with Gasteiger partial charge in [0.25, 0.3) is 0 Å². The molecular weight excluding hydrogens is 1120 g/mol. The minimum absolute atomic E-state index is 0.0721. The van der Waals surface area contributed by atoms with Crippen LogP contribution in [0, 0.1) is 11.6 Å². The van der Waals surface area contributed by atoms with Crippen molar-refractivity contribution < 1.29 is 56.9 Å². The standard InChI is InChI=1S/C27H24Cl2FN3O5S.C26H22Cl2FN3O5S/c1-36-25(34)14-8-19(30)23-20(9-14)39-26(32-23)27(35)6-4-15(5-7-27)37-12-16-22(33-38-24(16)13-2-3-13)21-17(28)10-31-11-18(21)29;27-16-9-30-10-17(28)20(16)21-15(23(37-32-21)12-1-2-12)11-36-14-3-5-26(35,6-4-14)25-31-22-18(29)7-13(24(33)34)8-19(22)38-25/h8-11,13,15,35H,2-7,12H2,1H3;7-10,12,14,35H,1-6,11H2,(H,33,34). The Morgan fingerprint density at radius 1 is 0.636 bits per heavy atom. The molecular formula is C53H46Cl4F2N6O10S2. The topological polar surface area (TPSA) is 226 Å². The van der Waals surface area contributed by atoms with E-state index in [0.717, 1.165) is 71.8 Å². The van der Waals surface area contributed by atoms with E-state index >= 15 is 0 Å². The van der Waals surface area contributed by atoms with Crippen LogP contribution in [0.4, 0.5) is 8.78 Å². The van der Waals surface area contributed by atoms with E-state index in [2.05, 4.69) is 30.2 Å². The van der Waals surface area contributed by atoms with Crippen LogP contribution < -0.4 is 0 Å². The SMILES string of the molecule is COC(=O)c1cc(F)c2nc(C3(O)CCC(OCc4c(-c5c(Cl)cncc5Cl)noc4C4CC4)CC3)sc2c1.O=C(O)c1cc(F)c2nc(C3(O)CCC(OCc4c(-c5c(Cl)cncc5Cl)noc4C4CC4)CC3)sc2c1. The number of aromatic nitrogens is 6. The average Bonchev–Trinajstić information content (AvgIpc) is 4.25. The fourth-order valence-corrected chi connectivity index (χ4v) is 13.4. The molecule has 8 aromatic rings. The minimum Gasteiger partial charge on any atom is -0.478 e. The molecule has 0 spiro atoms. The predicted octanol–water partition coefficient (Wildman–Crippen LogP) is 13.5. The molecule has 4 saturated carbocycles. The molecule has 4 fully saturated rings. The van der Waals surface area contributed by atoms with Crippen LogP contribution in [0.5, 0.6) is 0 Å². The van der Waals surface area contributed by atoms with Gasteiger partial charge in [-0.1, -0.05) is 56.7 Å². The molecule has 4 aliphatic carbocycles. The van der Waals surface area contributed by atoms with E-state index in [9.17, 15) is 33.7 Å². The number of thiazole rings is 2. The van der Waals surface area contributed by atoms with E-state index in [0.29, 0.717) is 125 Å². The number of rotatable bonds is 14. The molecule has 0 radical (unpaired) electrons. The van der Waals surface area contributed by atoms with Gasteiger partial charge < -0.3 is 38.6 Å². The average molecular weight is 1170 g/mol. The Balaban J connectivity index is 0.000000164. The van der Waals surface area contributed by atoms with Crippen molar-refractivity contribution in [3.05, 3.63) is 125 Å². The first-order valence-corrected chi connectivity index (χ1v) is 27.9. The lowest BCUT2D eigenvalue weighted by Crippen LogP contribution is -2.34. The summed E-state index contributed by atoms with van der Waals surface area (Å²) in [5.41, 5.74) is 1.60. The zero-order valence-electron chi connectivity index (χ0n) is 40.8. The van der Waals surface area contributed by atoms with E-state index in [-0.39, 0.29) is 47.6 Å². The number of methoxy groups -OCH3 is 1. The van der Waals surface area contributed by atoms with Crippen molar-refractivity contribution >= 4 is 101 Å². The fourth-order valence-electron chi connectivity index (χ4n) is 9.96. The molecule has 24 heteroatoms. The number of carboxylic acid groups (broad SMARTS) is 1. The summed E-state index contributed by atoms with van der Waals surface area (Å²) < 4.78 is 58.7. The van der Waals surface area contributed by atoms with Crippen LogP contribution in [0.15, 0.2) is 58.1 Å². The number of hydrogen-bond acceptors (Lipinski definition) is 17. The van der Waals surface area contributed by atoms with Gasteiger partial charge in [0.1, 0.15) is 55.2 Å². The number of pyridine rings is 2. The number of carbonyl (C=O) groups excluding carboxylic acids is 1. The summed E-state index contributed by atoms with van der Waals surface area (Å²) in [6, 6.07) is 4.98. The van der Waals surface area contributed by atoms with Crippen molar-refractivity contribution in [3.8, 4) is 22.5 Å². The van der Waals surface area contributed by atoms with Crippen molar-refractivity contribution in [2.45, 2.75) is 126 Å². The van der Waals surface area contributed by atoms with Gasteiger partial charge in [-0.15, -0.1) is 22.7 Å². The van der Waals surface area contributed by atoms with Gasteiger partial charge in [0.2, 0.25) is 0 Å². The molecule has 3 N–H and O–H groups in total. The van der Waals surface area contributed by atoms with Crippen LogP contribution in [-0.4, -0.2) is 76.8 Å². The third-order valence-electron chi connectivity index (χ3n) is 14.5. The number of carboxylic acids is 1. The number of halogens is 6. The van der Waals surface area contributed by atoms with Crippen LogP contribution in [0.1, 0.15) is 142 Å². The van der Waals surface area contributed by atoms with Gasteiger partial charge in [-0.2, -0.15) is 0 Å². The molecule has 6 heterocycles. The summed E-state index contributed by atoms with van der Waals surface area (Å²) in [5.74, 6) is -0.998. The summed E-state index contributed by atoms with van der Waals surface area (Å²) in [7, 11) is 1.24. The van der Waals surface area contributed by atoms with Crippen LogP contribution in [0.3, 0.4) is 0 Å². The molecule has 0 atom stereocenters. The Kier molecular flexibility index (Phi) is 15.2. The van der Waals surface area contributed by atoms with E-state index in [1.54, 1.807) is 6.07 Å². The van der Waals surface area contributed by atoms with Crippen LogP contribution >= 0.6 is 69.1 Å². The largest absolute Gasteiger partial charge is 0.478 e. The normalized spacial score (nSPS) is 21.6. The number of benzene rings is 2. The third-order valence-corrected chi connectivity index (χ3v) is 18.1. The Labute approximate surface area is 465 Å². The number of aliphatic hydroxyl groups is 2. The fraction of sp³-hybridized carbons (Fsp3) is 0.396. The number of fused-ring (bicyclic) bond motifs is 2. The van der Waals surface area contributed by atoms with Gasteiger partial charge in [-0.05, 0) is 101 Å². The van der Waals surface area contributed by atoms with Crippen molar-refractivity contribution in [1.82, 2.24) is 30.2 Å². The van der Waals surface area contributed by atoms with E-state index in [4.69, 9.17) is 69.7 Å². The highest BCUT2D eigenvalue weighted by Crippen LogP contribution is 2.49. The van der Waals surface area contributed by atoms with Crippen LogP contribution in [0.25, 0.3) is 42.9 Å². The summed E-state index contributed by atoms with van der Waals surface area (Å²) >= 11 is 27.9. The zero-order valence-corrected chi connectivity index (χ0v) is 45.5. The number of hydrogen-bond donors (Lipinski definition) is 3. The highest BCUT2D eigenvalue weighted by Gasteiger charge is 2.41. The number of esters is 1. The molecule has 4 aliphatic rings. The number of nitrogens with zero attached hydrogens (tertiary/aromatic N) is 6. The molecule has 0 saturated heterocycles. The van der Waals surface area contributed by atoms with Gasteiger partial charge in [0.05, 0.1) is 73.1 Å². The summed E-state index contributed by atoms with van der Waals surface area (Å²) in [6.07, 6.45) is 13.8. The first-order chi connectivity index (χ1) is 37.0. The van der Waals surface area contributed by atoms with E-state index in [1.807, 2.05) is 0 Å². The Morgan fingerprint density at radius 3 is 1.40 bits per heavy atom. The molecule has 0 bridgehead atoms. The van der Waals surface area contributed by atoms with Gasteiger partial charge in [-0.25, -0.2) is 28.3 Å². The number of aromatic carboxylic acids is 1. The van der Waals surface area contributed by atoms with Gasteiger partial charge in [-0.3, -0.25) is 9.97 Å². The second kappa shape index (κ2) is 21.8. The van der Waals surface area contributed by atoms with Gasteiger partial charge in [0.15, 0.2) is 11.6 Å². The van der Waals surface area contributed by atoms with Crippen molar-refractivity contribution in [2.24, 2.45) is 0 Å². The molecule has 6 aromatic heterocycles. The second-order valence-corrected chi connectivity index (χ2v) is 23.5. The highest BCUT2D eigenvalue weighted by atomic mass is 35.5. The molecule has 16 nitrogen and oxygen atoms in total. The maximum absolute atomic E-state index is 14.6. The molecule has 0 amide bonds. The van der Waals surface area contributed by atoms with Gasteiger partial charge in [0, 0.05) is 58.9 Å². The lowest BCUT2D eigenvalue weighted by molar-refractivity contribution is -0.0641. The van der Waals surface area contributed by atoms with Crippen molar-refractivity contribution in [1.29, 1.82) is 0 Å². The molecule has 2 aromatic carbocycles. The second-order valence-electron chi connectivity index (χ2n) is 19.8. The Morgan fingerprint density at radius 2 is 1.03 bits per heavy atom. The maximum atomic E-state index is 14.6. The number of ether oxygens (including phenoxy) is 3. The van der Waals surface area contributed by atoms with Gasteiger partial charge >= 0.3 is 11.9 Å². The smallest absolute Gasteiger partial charge is 0.338 e. The Bertz CT molecular complexity index is 3530. The van der Waals surface area contributed by atoms with Crippen molar-refractivity contribution in [2.75, 3.05) is 7.11 Å². The quantitative estimate of drug-likeness (QED) is 0.0860. The van der Waals surface area contributed by atoms with Crippen LogP contribution in [-0.2, 0) is 38.6 Å². The summed E-state index contributed by atoms with van der Waals surface area (Å²) in [6.45, 7) is 0.526. The first kappa shape index (κ1) is 53.7. The van der Waals surface area contributed by atoms with E-state index < -0.39 is 34.8 Å². The lowest BCUT2D eigenvalue weighted by Gasteiger charge is -2.34. The summed E-state index contributed by atoms with van der Waals surface area (Å²) in [5, 5.41) is 42.9. The lowest BCUT2D eigenvalue weighted by atomic mass is 9.83. The first-order valence-electron chi connectivity index (χ1n) is 24.8. The molecule has 77 heavy (non-hydrogen) atoms. The monoisotopic (exact) mass is 1170 g/mol. The molecule has 0 unspecified atom stereocenters. The summed E-state index contributed by atoms with van der Waals surface area (Å²) in [4.78, 5) is 39.9. The number of carbonyl (C=O) groups is 2. The minimum atomic E-state index is -1.24. The molecule has 402 valence electrons. The third kappa shape index (κ3) is 10.9. The Hall–Kier alpha value is -5.26. The van der Waals surface area contributed by atoms with Crippen molar-refractivity contribution in [3.63, 3.8) is 0 Å². The van der Waals surface area contributed by atoms with E-state index in [1.165, 1.54) is 49.3 Å².